The Morgan fingerprint density at radius 3 is 2.35 bits per heavy atom. The van der Waals surface area contributed by atoms with Crippen LogP contribution in [0.1, 0.15) is 46.5 Å². The molecule has 1 aliphatic heterocycles. The Morgan fingerprint density at radius 2 is 1.70 bits per heavy atom. The molecule has 1 unspecified atom stereocenters. The molecule has 1 saturated heterocycles. The fraction of sp³-hybridized carbons (Fsp3) is 0.393. The van der Waals surface area contributed by atoms with E-state index in [1.165, 1.54) is 16.9 Å². The summed E-state index contributed by atoms with van der Waals surface area (Å²) in [5.41, 5.74) is 2.71. The lowest BCUT2D eigenvalue weighted by Crippen LogP contribution is -2.50. The van der Waals surface area contributed by atoms with E-state index < -0.39 is 0 Å². The molecule has 1 fully saturated rings. The van der Waals surface area contributed by atoms with Gasteiger partial charge in [0.25, 0.3) is 5.91 Å². The third kappa shape index (κ3) is 6.47. The van der Waals surface area contributed by atoms with Crippen molar-refractivity contribution in [1.29, 1.82) is 0 Å². The maximum atomic E-state index is 13.1. The van der Waals surface area contributed by atoms with Gasteiger partial charge in [0.05, 0.1) is 20.8 Å². The molecule has 0 spiro atoms. The van der Waals surface area contributed by atoms with Crippen LogP contribution in [0.15, 0.2) is 53.9 Å². The van der Waals surface area contributed by atoms with Crippen LogP contribution in [-0.2, 0) is 17.9 Å². The molecule has 2 heterocycles. The minimum Gasteiger partial charge on any atom is -0.497 e. The number of nitrogens with zero attached hydrogens (tertiary/aromatic N) is 4. The van der Waals surface area contributed by atoms with Crippen LogP contribution in [0.3, 0.4) is 0 Å². The van der Waals surface area contributed by atoms with Gasteiger partial charge in [-0.15, -0.1) is 11.3 Å². The van der Waals surface area contributed by atoms with E-state index in [9.17, 15) is 9.59 Å². The molecule has 2 aromatic carbocycles. The van der Waals surface area contributed by atoms with Crippen LogP contribution < -0.4 is 9.47 Å². The number of thiazole rings is 1. The van der Waals surface area contributed by atoms with E-state index in [1.54, 1.807) is 30.9 Å². The van der Waals surface area contributed by atoms with Crippen LogP contribution in [0.2, 0.25) is 0 Å². The molecular weight excluding hydrogens is 488 g/mol. The number of carbonyl (C=O) groups excluding carboxylic acids is 2. The Labute approximate surface area is 222 Å². The minimum absolute atomic E-state index is 0.0455. The van der Waals surface area contributed by atoms with Gasteiger partial charge in [0.1, 0.15) is 22.2 Å². The molecule has 3 aromatic rings. The molecule has 0 bridgehead atoms. The monoisotopic (exact) mass is 522 g/mol. The zero-order valence-electron chi connectivity index (χ0n) is 21.8. The minimum atomic E-state index is -0.0785. The smallest absolute Gasteiger partial charge is 0.273 e. The Morgan fingerprint density at radius 1 is 1.00 bits per heavy atom. The van der Waals surface area contributed by atoms with Gasteiger partial charge in [-0.1, -0.05) is 36.4 Å². The predicted molar refractivity (Wildman–Crippen MR) is 144 cm³/mol. The number of benzene rings is 2. The van der Waals surface area contributed by atoms with Crippen LogP contribution >= 0.6 is 11.3 Å². The first kappa shape index (κ1) is 26.6. The molecule has 0 aliphatic carbocycles. The molecule has 0 N–H and O–H groups in total. The number of rotatable bonds is 9. The number of ether oxygens (including phenoxy) is 2. The fourth-order valence-corrected chi connectivity index (χ4v) is 5.31. The van der Waals surface area contributed by atoms with Crippen molar-refractivity contribution in [2.75, 3.05) is 40.4 Å². The van der Waals surface area contributed by atoms with Crippen LogP contribution in [0.4, 0.5) is 0 Å². The lowest BCUT2D eigenvalue weighted by Gasteiger charge is -2.33. The van der Waals surface area contributed by atoms with Gasteiger partial charge < -0.3 is 19.3 Å². The molecule has 8 nitrogen and oxygen atoms in total. The van der Waals surface area contributed by atoms with Crippen molar-refractivity contribution in [3.8, 4) is 11.5 Å². The summed E-state index contributed by atoms with van der Waals surface area (Å²) in [7, 11) is 3.31. The zero-order valence-corrected chi connectivity index (χ0v) is 22.7. The van der Waals surface area contributed by atoms with Crippen LogP contribution in [0.5, 0.6) is 11.5 Å². The summed E-state index contributed by atoms with van der Waals surface area (Å²) in [5, 5.41) is 2.72. The molecule has 0 radical (unpaired) electrons. The van der Waals surface area contributed by atoms with Gasteiger partial charge in [-0.25, -0.2) is 4.98 Å². The van der Waals surface area contributed by atoms with E-state index in [2.05, 4.69) is 24.0 Å². The largest absolute Gasteiger partial charge is 0.497 e. The maximum Gasteiger partial charge on any atom is 0.273 e. The maximum absolute atomic E-state index is 13.1. The summed E-state index contributed by atoms with van der Waals surface area (Å²) in [6, 6.07) is 16.3. The first-order valence-corrected chi connectivity index (χ1v) is 13.3. The fourth-order valence-electron chi connectivity index (χ4n) is 4.52. The lowest BCUT2D eigenvalue weighted by molar-refractivity contribution is -0.130. The van der Waals surface area contributed by atoms with Gasteiger partial charge in [-0.3, -0.25) is 14.5 Å². The van der Waals surface area contributed by atoms with Crippen LogP contribution in [0.25, 0.3) is 0 Å². The highest BCUT2D eigenvalue weighted by atomic mass is 32.1. The highest BCUT2D eigenvalue weighted by molar-refractivity contribution is 7.09. The highest BCUT2D eigenvalue weighted by Crippen LogP contribution is 2.31. The molecule has 37 heavy (non-hydrogen) atoms. The van der Waals surface area contributed by atoms with Crippen molar-refractivity contribution < 1.29 is 19.1 Å². The molecule has 4 rings (SSSR count). The Balaban J connectivity index is 1.52. The number of hydrogen-bond donors (Lipinski definition) is 0. The van der Waals surface area contributed by atoms with Crippen LogP contribution in [-0.4, -0.2) is 71.9 Å². The van der Waals surface area contributed by atoms with Crippen molar-refractivity contribution in [2.45, 2.75) is 33.0 Å². The molecule has 0 saturated carbocycles. The molecule has 2 amide bonds. The van der Waals surface area contributed by atoms with Gasteiger partial charge in [0.15, 0.2) is 0 Å². The number of hydrogen-bond acceptors (Lipinski definition) is 7. The first-order valence-electron chi connectivity index (χ1n) is 12.4. The normalized spacial score (nSPS) is 14.5. The average molecular weight is 523 g/mol. The van der Waals surface area contributed by atoms with Gasteiger partial charge in [-0.05, 0) is 18.6 Å². The predicted octanol–water partition coefficient (Wildman–Crippen LogP) is 4.23. The van der Waals surface area contributed by atoms with Crippen molar-refractivity contribution in [1.82, 2.24) is 19.7 Å². The van der Waals surface area contributed by atoms with Crippen LogP contribution in [0, 0.1) is 0 Å². The summed E-state index contributed by atoms with van der Waals surface area (Å²) in [6.45, 7) is 7.14. The van der Waals surface area contributed by atoms with Crippen molar-refractivity contribution in [2.24, 2.45) is 0 Å². The van der Waals surface area contributed by atoms with Crippen molar-refractivity contribution in [3.63, 3.8) is 0 Å². The molecule has 1 aliphatic rings. The molecule has 1 aromatic heterocycles. The number of methoxy groups -OCH3 is 2. The first-order chi connectivity index (χ1) is 17.9. The Bertz CT molecular complexity index is 1210. The molecule has 9 heteroatoms. The topological polar surface area (TPSA) is 75.2 Å². The summed E-state index contributed by atoms with van der Waals surface area (Å²) in [6.07, 6.45) is 0. The lowest BCUT2D eigenvalue weighted by atomic mass is 10.1. The molecule has 196 valence electrons. The van der Waals surface area contributed by atoms with Gasteiger partial charge in [0.2, 0.25) is 5.91 Å². The second-order valence-electron chi connectivity index (χ2n) is 9.09. The van der Waals surface area contributed by atoms with Gasteiger partial charge >= 0.3 is 0 Å². The summed E-state index contributed by atoms with van der Waals surface area (Å²) in [5.74, 6) is 1.48. The number of amides is 2. The Kier molecular flexibility index (Phi) is 8.78. The SMILES string of the molecule is COc1ccc(CN(Cc2nc(C(=O)N3CCN(C(C)=O)CC3)cs2)C(C)c2ccccc2)c(OC)c1. The second-order valence-corrected chi connectivity index (χ2v) is 10.0. The standard InChI is InChI=1S/C28H34N4O4S/c1-20(22-8-6-5-7-9-22)32(17-23-10-11-24(35-3)16-26(23)36-4)18-27-29-25(19-37-27)28(34)31-14-12-30(13-15-31)21(2)33/h5-11,16,19-20H,12-15,17-18H2,1-4H3. The van der Waals surface area contributed by atoms with E-state index in [0.29, 0.717) is 45.0 Å². The summed E-state index contributed by atoms with van der Waals surface area (Å²) >= 11 is 1.50. The molecular formula is C28H34N4O4S. The van der Waals surface area contributed by atoms with E-state index in [0.717, 1.165) is 22.1 Å². The van der Waals surface area contributed by atoms with Gasteiger partial charge in [-0.2, -0.15) is 0 Å². The summed E-state index contributed by atoms with van der Waals surface area (Å²) < 4.78 is 11.0. The zero-order chi connectivity index (χ0) is 26.4. The third-order valence-electron chi connectivity index (χ3n) is 6.82. The third-order valence-corrected chi connectivity index (χ3v) is 7.65. The molecule has 1 atom stereocenters. The van der Waals surface area contributed by atoms with E-state index >= 15 is 0 Å². The van der Waals surface area contributed by atoms with E-state index in [4.69, 9.17) is 14.5 Å². The number of piperazine rings is 1. The highest BCUT2D eigenvalue weighted by Gasteiger charge is 2.26. The second kappa shape index (κ2) is 12.2. The number of carbonyl (C=O) groups is 2. The Hall–Kier alpha value is -3.43. The number of aromatic nitrogens is 1. The van der Waals surface area contributed by atoms with Crippen molar-refractivity contribution in [3.05, 3.63) is 75.7 Å². The van der Waals surface area contributed by atoms with E-state index in [1.807, 2.05) is 41.8 Å². The van der Waals surface area contributed by atoms with Crippen molar-refractivity contribution >= 4 is 23.2 Å². The summed E-state index contributed by atoms with van der Waals surface area (Å²) in [4.78, 5) is 35.3. The van der Waals surface area contributed by atoms with E-state index in [-0.39, 0.29) is 17.9 Å². The average Bonchev–Trinajstić information content (AvgIpc) is 3.41. The quantitative estimate of drug-likeness (QED) is 0.419. The van der Waals surface area contributed by atoms with Gasteiger partial charge in [0, 0.05) is 62.7 Å².